The fourth-order valence-electron chi connectivity index (χ4n) is 1.58. The molecule has 0 fully saturated rings. The summed E-state index contributed by atoms with van der Waals surface area (Å²) < 4.78 is 9.83. The van der Waals surface area contributed by atoms with Crippen molar-refractivity contribution in [3.63, 3.8) is 0 Å². The van der Waals surface area contributed by atoms with Crippen LogP contribution in [0.25, 0.3) is 0 Å². The van der Waals surface area contributed by atoms with Crippen LogP contribution in [0.4, 0.5) is 5.69 Å². The third-order valence-corrected chi connectivity index (χ3v) is 2.52. The smallest absolute Gasteiger partial charge is 0.291 e. The summed E-state index contributed by atoms with van der Waals surface area (Å²) in [5, 5.41) is 2.65. The molecule has 5 heteroatoms. The van der Waals surface area contributed by atoms with Crippen LogP contribution in [-0.4, -0.2) is 13.0 Å². The molecule has 2 aromatic rings. The minimum Gasteiger partial charge on any atom is -0.490 e. The van der Waals surface area contributed by atoms with Gasteiger partial charge in [0.15, 0.2) is 5.76 Å². The van der Waals surface area contributed by atoms with Gasteiger partial charge in [0.1, 0.15) is 6.26 Å². The zero-order chi connectivity index (χ0) is 13.8. The number of carbonyl (C=O) groups is 1. The summed E-state index contributed by atoms with van der Waals surface area (Å²) in [6, 6.07) is 8.42. The highest BCUT2D eigenvalue weighted by atomic mass is 16.5. The molecule has 0 radical (unpaired) electrons. The maximum Gasteiger partial charge on any atom is 0.291 e. The summed E-state index contributed by atoms with van der Waals surface area (Å²) in [4.78, 5) is 23.4. The molecule has 0 unspecified atom stereocenters. The molecule has 98 valence electrons. The Kier molecular flexibility index (Phi) is 3.66. The number of methoxy groups -OCH3 is 1. The molecular formula is C14H13NO4. The van der Waals surface area contributed by atoms with Gasteiger partial charge >= 0.3 is 0 Å². The molecule has 0 saturated heterocycles. The van der Waals surface area contributed by atoms with Gasteiger partial charge in [-0.3, -0.25) is 9.59 Å². The van der Waals surface area contributed by atoms with E-state index in [0.717, 1.165) is 17.9 Å². The van der Waals surface area contributed by atoms with E-state index in [0.29, 0.717) is 5.69 Å². The summed E-state index contributed by atoms with van der Waals surface area (Å²) in [6.07, 6.45) is 1.12. The Balaban J connectivity index is 2.21. The molecule has 0 bridgehead atoms. The van der Waals surface area contributed by atoms with Crippen molar-refractivity contribution in [3.8, 4) is 5.75 Å². The Morgan fingerprint density at radius 3 is 2.74 bits per heavy atom. The van der Waals surface area contributed by atoms with Crippen molar-refractivity contribution in [2.24, 2.45) is 0 Å². The number of amides is 1. The van der Waals surface area contributed by atoms with E-state index in [1.165, 1.54) is 7.11 Å². The molecular weight excluding hydrogens is 246 g/mol. The quantitative estimate of drug-likeness (QED) is 0.917. The van der Waals surface area contributed by atoms with E-state index >= 15 is 0 Å². The highest BCUT2D eigenvalue weighted by molar-refractivity contribution is 6.02. The van der Waals surface area contributed by atoms with Crippen molar-refractivity contribution in [1.82, 2.24) is 0 Å². The molecule has 0 aliphatic carbocycles. The number of benzene rings is 1. The normalized spacial score (nSPS) is 10.0. The van der Waals surface area contributed by atoms with Crippen molar-refractivity contribution in [2.75, 3.05) is 12.4 Å². The van der Waals surface area contributed by atoms with Crippen molar-refractivity contribution >= 4 is 11.6 Å². The Morgan fingerprint density at radius 2 is 2.11 bits per heavy atom. The van der Waals surface area contributed by atoms with Crippen molar-refractivity contribution in [2.45, 2.75) is 6.92 Å². The van der Waals surface area contributed by atoms with E-state index in [1.54, 1.807) is 6.07 Å². The van der Waals surface area contributed by atoms with Crippen LogP contribution in [0.3, 0.4) is 0 Å². The first kappa shape index (κ1) is 12.9. The molecule has 0 aliphatic rings. The molecule has 1 aromatic carbocycles. The molecule has 0 aliphatic heterocycles. The monoisotopic (exact) mass is 259 g/mol. The summed E-state index contributed by atoms with van der Waals surface area (Å²) in [5.41, 5.74) is 1.26. The number of nitrogens with one attached hydrogen (secondary N) is 1. The molecule has 0 saturated carbocycles. The maximum absolute atomic E-state index is 11.9. The van der Waals surface area contributed by atoms with Crippen LogP contribution in [0.15, 0.2) is 45.8 Å². The Labute approximate surface area is 109 Å². The second-order valence-electron chi connectivity index (χ2n) is 4.00. The molecule has 0 atom stereocenters. The number of ether oxygens (including phenoxy) is 1. The SMILES string of the molecule is COc1coc(C(=O)Nc2cccc(C)c2)cc1=O. The Bertz CT molecular complexity index is 660. The highest BCUT2D eigenvalue weighted by Gasteiger charge is 2.11. The zero-order valence-corrected chi connectivity index (χ0v) is 10.6. The third kappa shape index (κ3) is 3.01. The molecule has 1 heterocycles. The lowest BCUT2D eigenvalue weighted by Crippen LogP contribution is -2.15. The van der Waals surface area contributed by atoms with Crippen LogP contribution in [0.5, 0.6) is 5.75 Å². The highest BCUT2D eigenvalue weighted by Crippen LogP contribution is 2.12. The number of carbonyl (C=O) groups excluding carboxylic acids is 1. The first-order chi connectivity index (χ1) is 9.10. The molecule has 19 heavy (non-hydrogen) atoms. The average Bonchev–Trinajstić information content (AvgIpc) is 2.38. The van der Waals surface area contributed by atoms with Gasteiger partial charge in [-0.2, -0.15) is 0 Å². The summed E-state index contributed by atoms with van der Waals surface area (Å²) >= 11 is 0. The molecule has 1 amide bonds. The average molecular weight is 259 g/mol. The topological polar surface area (TPSA) is 68.5 Å². The van der Waals surface area contributed by atoms with Gasteiger partial charge in [0.05, 0.1) is 7.11 Å². The summed E-state index contributed by atoms with van der Waals surface area (Å²) in [7, 11) is 1.36. The van der Waals surface area contributed by atoms with Crippen LogP contribution in [0.1, 0.15) is 16.1 Å². The van der Waals surface area contributed by atoms with Gasteiger partial charge in [-0.1, -0.05) is 12.1 Å². The number of hydrogen-bond donors (Lipinski definition) is 1. The van der Waals surface area contributed by atoms with Gasteiger partial charge < -0.3 is 14.5 Å². The van der Waals surface area contributed by atoms with Crippen molar-refractivity contribution < 1.29 is 13.9 Å². The number of anilines is 1. The predicted octanol–water partition coefficient (Wildman–Crippen LogP) is 2.21. The Morgan fingerprint density at radius 1 is 1.32 bits per heavy atom. The van der Waals surface area contributed by atoms with Crippen LogP contribution in [0.2, 0.25) is 0 Å². The lowest BCUT2D eigenvalue weighted by atomic mass is 10.2. The van der Waals surface area contributed by atoms with Gasteiger partial charge in [-0.05, 0) is 24.6 Å². The number of aryl methyl sites for hydroxylation is 1. The molecule has 0 spiro atoms. The molecule has 2 rings (SSSR count). The van der Waals surface area contributed by atoms with Crippen LogP contribution in [0, 0.1) is 6.92 Å². The fourth-order valence-corrected chi connectivity index (χ4v) is 1.58. The van der Waals surface area contributed by atoms with E-state index < -0.39 is 11.3 Å². The third-order valence-electron chi connectivity index (χ3n) is 2.52. The zero-order valence-electron chi connectivity index (χ0n) is 10.6. The summed E-state index contributed by atoms with van der Waals surface area (Å²) in [5.74, 6) is -0.482. The van der Waals surface area contributed by atoms with Crippen LogP contribution < -0.4 is 15.5 Å². The second kappa shape index (κ2) is 5.39. The van der Waals surface area contributed by atoms with Crippen LogP contribution in [-0.2, 0) is 0 Å². The van der Waals surface area contributed by atoms with Crippen molar-refractivity contribution in [3.05, 3.63) is 58.1 Å². The van der Waals surface area contributed by atoms with E-state index in [-0.39, 0.29) is 11.5 Å². The Hall–Kier alpha value is -2.56. The standard InChI is InChI=1S/C14H13NO4/c1-9-4-3-5-10(6-9)15-14(17)12-7-11(16)13(18-2)8-19-12/h3-8H,1-2H3,(H,15,17). The molecule has 5 nitrogen and oxygen atoms in total. The minimum atomic E-state index is -0.481. The van der Waals surface area contributed by atoms with Crippen LogP contribution >= 0.6 is 0 Å². The predicted molar refractivity (Wildman–Crippen MR) is 70.7 cm³/mol. The lowest BCUT2D eigenvalue weighted by molar-refractivity contribution is 0.0993. The lowest BCUT2D eigenvalue weighted by Gasteiger charge is -2.05. The number of hydrogen-bond acceptors (Lipinski definition) is 4. The first-order valence-corrected chi connectivity index (χ1v) is 5.65. The van der Waals surface area contributed by atoms with E-state index in [9.17, 15) is 9.59 Å². The first-order valence-electron chi connectivity index (χ1n) is 5.65. The minimum absolute atomic E-state index is 0.0621. The molecule has 1 N–H and O–H groups in total. The van der Waals surface area contributed by atoms with Gasteiger partial charge in [-0.25, -0.2) is 0 Å². The molecule has 1 aromatic heterocycles. The summed E-state index contributed by atoms with van der Waals surface area (Å²) in [6.45, 7) is 1.92. The second-order valence-corrected chi connectivity index (χ2v) is 4.00. The largest absolute Gasteiger partial charge is 0.490 e. The van der Waals surface area contributed by atoms with E-state index in [1.807, 2.05) is 25.1 Å². The fraction of sp³-hybridized carbons (Fsp3) is 0.143. The number of rotatable bonds is 3. The van der Waals surface area contributed by atoms with Crippen molar-refractivity contribution in [1.29, 1.82) is 0 Å². The maximum atomic E-state index is 11.9. The van der Waals surface area contributed by atoms with E-state index in [2.05, 4.69) is 5.32 Å². The van der Waals surface area contributed by atoms with Gasteiger partial charge in [0.25, 0.3) is 5.91 Å². The van der Waals surface area contributed by atoms with Gasteiger partial charge in [-0.15, -0.1) is 0 Å². The van der Waals surface area contributed by atoms with Gasteiger partial charge in [0.2, 0.25) is 11.2 Å². The van der Waals surface area contributed by atoms with E-state index in [4.69, 9.17) is 9.15 Å². The van der Waals surface area contributed by atoms with Gasteiger partial charge in [0, 0.05) is 11.8 Å².